The molecule has 5 nitrogen and oxygen atoms in total. The number of amides is 1. The van der Waals surface area contributed by atoms with Gasteiger partial charge in [0.05, 0.1) is 10.7 Å². The first-order valence-electron chi connectivity index (χ1n) is 5.88. The molecule has 1 aromatic carbocycles. The van der Waals surface area contributed by atoms with Crippen molar-refractivity contribution in [2.24, 2.45) is 0 Å². The zero-order chi connectivity index (χ0) is 14.6. The number of hydrogen-bond acceptors (Lipinski definition) is 4. The standard InChI is InChI=1S/C12H17ClN2O3S/c1-3-15(4-2)11(16)8-19(17,18)12-9(13)6-5-7-10(12)14/h5-7H,3-4,8,14H2,1-2H3. The van der Waals surface area contributed by atoms with Crippen LogP contribution in [0.4, 0.5) is 5.69 Å². The van der Waals surface area contributed by atoms with Gasteiger partial charge in [0.1, 0.15) is 10.6 Å². The Morgan fingerprint density at radius 3 is 2.37 bits per heavy atom. The molecule has 0 aliphatic heterocycles. The highest BCUT2D eigenvalue weighted by Crippen LogP contribution is 2.28. The van der Waals surface area contributed by atoms with E-state index in [1.807, 2.05) is 0 Å². The molecule has 0 saturated carbocycles. The molecule has 2 N–H and O–H groups in total. The lowest BCUT2D eigenvalue weighted by molar-refractivity contribution is -0.128. The van der Waals surface area contributed by atoms with E-state index in [1.54, 1.807) is 19.9 Å². The Morgan fingerprint density at radius 1 is 1.32 bits per heavy atom. The highest BCUT2D eigenvalue weighted by atomic mass is 35.5. The molecule has 0 unspecified atom stereocenters. The molecule has 19 heavy (non-hydrogen) atoms. The first-order chi connectivity index (χ1) is 8.83. The molecule has 0 atom stereocenters. The molecular formula is C12H17ClN2O3S. The van der Waals surface area contributed by atoms with Gasteiger partial charge in [-0.2, -0.15) is 0 Å². The summed E-state index contributed by atoms with van der Waals surface area (Å²) < 4.78 is 24.4. The number of nitrogen functional groups attached to an aromatic ring is 1. The SMILES string of the molecule is CCN(CC)C(=O)CS(=O)(=O)c1c(N)cccc1Cl. The van der Waals surface area contributed by atoms with Gasteiger partial charge in [-0.3, -0.25) is 4.79 Å². The Labute approximate surface area is 118 Å². The molecule has 1 amide bonds. The van der Waals surface area contributed by atoms with Gasteiger partial charge in [0.2, 0.25) is 5.91 Å². The molecule has 0 bridgehead atoms. The zero-order valence-corrected chi connectivity index (χ0v) is 12.5. The molecule has 0 spiro atoms. The van der Waals surface area contributed by atoms with Crippen molar-refractivity contribution < 1.29 is 13.2 Å². The summed E-state index contributed by atoms with van der Waals surface area (Å²) in [6.45, 7) is 4.50. The lowest BCUT2D eigenvalue weighted by Gasteiger charge is -2.19. The number of anilines is 1. The van der Waals surface area contributed by atoms with Crippen molar-refractivity contribution >= 4 is 33.0 Å². The molecule has 106 valence electrons. The monoisotopic (exact) mass is 304 g/mol. The predicted molar refractivity (Wildman–Crippen MR) is 75.8 cm³/mol. The topological polar surface area (TPSA) is 80.5 Å². The van der Waals surface area contributed by atoms with Gasteiger partial charge in [0.25, 0.3) is 0 Å². The average molecular weight is 305 g/mol. The number of nitrogens with two attached hydrogens (primary N) is 1. The van der Waals surface area contributed by atoms with E-state index in [9.17, 15) is 13.2 Å². The molecule has 7 heteroatoms. The van der Waals surface area contributed by atoms with Crippen LogP contribution in [0.15, 0.2) is 23.1 Å². The Hall–Kier alpha value is -1.27. The number of carbonyl (C=O) groups excluding carboxylic acids is 1. The zero-order valence-electron chi connectivity index (χ0n) is 10.9. The summed E-state index contributed by atoms with van der Waals surface area (Å²) in [7, 11) is -3.83. The van der Waals surface area contributed by atoms with Crippen LogP contribution in [0, 0.1) is 0 Å². The minimum atomic E-state index is -3.83. The maximum atomic E-state index is 12.2. The summed E-state index contributed by atoms with van der Waals surface area (Å²) in [4.78, 5) is 13.2. The maximum Gasteiger partial charge on any atom is 0.238 e. The quantitative estimate of drug-likeness (QED) is 0.837. The molecule has 0 aromatic heterocycles. The molecule has 0 aliphatic rings. The predicted octanol–water partition coefficient (Wildman–Crippen LogP) is 1.56. The highest BCUT2D eigenvalue weighted by molar-refractivity contribution is 7.92. The van der Waals surface area contributed by atoms with Crippen LogP contribution in [0.1, 0.15) is 13.8 Å². The lowest BCUT2D eigenvalue weighted by atomic mass is 10.3. The van der Waals surface area contributed by atoms with Crippen LogP contribution in [-0.4, -0.2) is 38.1 Å². The van der Waals surface area contributed by atoms with E-state index >= 15 is 0 Å². The minimum absolute atomic E-state index is 0.0346. The number of halogens is 1. The molecule has 0 heterocycles. The van der Waals surface area contributed by atoms with Crippen LogP contribution in [0.25, 0.3) is 0 Å². The third-order valence-corrected chi connectivity index (χ3v) is 4.87. The maximum absolute atomic E-state index is 12.2. The van der Waals surface area contributed by atoms with Crippen molar-refractivity contribution in [2.75, 3.05) is 24.6 Å². The van der Waals surface area contributed by atoms with Crippen molar-refractivity contribution in [3.8, 4) is 0 Å². The van der Waals surface area contributed by atoms with Gasteiger partial charge in [0, 0.05) is 13.1 Å². The second-order valence-electron chi connectivity index (χ2n) is 3.98. The molecule has 0 aliphatic carbocycles. The Kier molecular flexibility index (Phi) is 5.20. The number of benzene rings is 1. The summed E-state index contributed by atoms with van der Waals surface area (Å²) in [6, 6.07) is 4.44. The number of rotatable bonds is 5. The average Bonchev–Trinajstić information content (AvgIpc) is 2.28. The fourth-order valence-corrected chi connectivity index (χ4v) is 3.73. The smallest absolute Gasteiger partial charge is 0.238 e. The van der Waals surface area contributed by atoms with Crippen molar-refractivity contribution in [2.45, 2.75) is 18.7 Å². The van der Waals surface area contributed by atoms with E-state index in [1.165, 1.54) is 17.0 Å². The van der Waals surface area contributed by atoms with Gasteiger partial charge in [-0.05, 0) is 26.0 Å². The van der Waals surface area contributed by atoms with Gasteiger partial charge < -0.3 is 10.6 Å². The third-order valence-electron chi connectivity index (χ3n) is 2.74. The largest absolute Gasteiger partial charge is 0.398 e. The summed E-state index contributed by atoms with van der Waals surface area (Å²) in [5.74, 6) is -1.08. The van der Waals surface area contributed by atoms with Crippen LogP contribution in [-0.2, 0) is 14.6 Å². The minimum Gasteiger partial charge on any atom is -0.398 e. The van der Waals surface area contributed by atoms with Gasteiger partial charge >= 0.3 is 0 Å². The van der Waals surface area contributed by atoms with Crippen LogP contribution in [0.5, 0.6) is 0 Å². The molecular weight excluding hydrogens is 288 g/mol. The summed E-state index contributed by atoms with van der Waals surface area (Å²) >= 11 is 5.86. The molecule has 0 fully saturated rings. The van der Waals surface area contributed by atoms with Gasteiger partial charge in [-0.15, -0.1) is 0 Å². The van der Waals surface area contributed by atoms with Crippen molar-refractivity contribution in [3.05, 3.63) is 23.2 Å². The summed E-state index contributed by atoms with van der Waals surface area (Å²) in [5.41, 5.74) is 5.69. The second kappa shape index (κ2) is 6.25. The van der Waals surface area contributed by atoms with Crippen LogP contribution < -0.4 is 5.73 Å². The fraction of sp³-hybridized carbons (Fsp3) is 0.417. The summed E-state index contributed by atoms with van der Waals surface area (Å²) in [6.07, 6.45) is 0. The molecule has 1 aromatic rings. The highest BCUT2D eigenvalue weighted by Gasteiger charge is 2.26. The van der Waals surface area contributed by atoms with Crippen LogP contribution >= 0.6 is 11.6 Å². The number of nitrogens with zero attached hydrogens (tertiary/aromatic N) is 1. The van der Waals surface area contributed by atoms with E-state index < -0.39 is 21.5 Å². The Morgan fingerprint density at radius 2 is 1.89 bits per heavy atom. The Bertz CT molecular complexity index is 548. The van der Waals surface area contributed by atoms with Gasteiger partial charge in [-0.1, -0.05) is 17.7 Å². The van der Waals surface area contributed by atoms with Crippen molar-refractivity contribution in [1.82, 2.24) is 4.90 Å². The van der Waals surface area contributed by atoms with Gasteiger partial charge in [0.15, 0.2) is 9.84 Å². The number of hydrogen-bond donors (Lipinski definition) is 1. The molecule has 0 radical (unpaired) electrons. The first kappa shape index (κ1) is 15.8. The van der Waals surface area contributed by atoms with Crippen LogP contribution in [0.2, 0.25) is 5.02 Å². The van der Waals surface area contributed by atoms with Gasteiger partial charge in [-0.25, -0.2) is 8.42 Å². The van der Waals surface area contributed by atoms with E-state index in [0.717, 1.165) is 0 Å². The van der Waals surface area contributed by atoms with E-state index in [-0.39, 0.29) is 15.6 Å². The Balaban J connectivity index is 3.09. The van der Waals surface area contributed by atoms with E-state index in [0.29, 0.717) is 13.1 Å². The van der Waals surface area contributed by atoms with Crippen molar-refractivity contribution in [3.63, 3.8) is 0 Å². The van der Waals surface area contributed by atoms with E-state index in [2.05, 4.69) is 0 Å². The fourth-order valence-electron chi connectivity index (χ4n) is 1.76. The normalized spacial score (nSPS) is 11.3. The van der Waals surface area contributed by atoms with E-state index in [4.69, 9.17) is 17.3 Å². The second-order valence-corrected chi connectivity index (χ2v) is 6.32. The number of carbonyl (C=O) groups is 1. The lowest BCUT2D eigenvalue weighted by Crippen LogP contribution is -2.35. The first-order valence-corrected chi connectivity index (χ1v) is 7.91. The number of sulfone groups is 1. The van der Waals surface area contributed by atoms with Crippen molar-refractivity contribution in [1.29, 1.82) is 0 Å². The third kappa shape index (κ3) is 3.61. The van der Waals surface area contributed by atoms with Crippen LogP contribution in [0.3, 0.4) is 0 Å². The summed E-state index contributed by atoms with van der Waals surface area (Å²) in [5, 5.41) is 0.0346. The molecule has 1 rings (SSSR count). The molecule has 0 saturated heterocycles.